The van der Waals surface area contributed by atoms with Gasteiger partial charge < -0.3 is 48.5 Å². The van der Waals surface area contributed by atoms with Crippen molar-refractivity contribution >= 4 is 41.6 Å². The van der Waals surface area contributed by atoms with Crippen molar-refractivity contribution in [1.29, 1.82) is 0 Å². The lowest BCUT2D eigenvalue weighted by molar-refractivity contribution is -0.143. The van der Waals surface area contributed by atoms with E-state index in [1.165, 1.54) is 0 Å². The van der Waals surface area contributed by atoms with E-state index in [-0.39, 0.29) is 44.1 Å². The lowest BCUT2D eigenvalue weighted by Crippen LogP contribution is -2.57. The molecule has 12 N–H and O–H groups in total. The molecule has 0 aliphatic rings. The van der Waals surface area contributed by atoms with Gasteiger partial charge in [0.2, 0.25) is 17.7 Å². The molecule has 0 bridgehead atoms. The highest BCUT2D eigenvalue weighted by atomic mass is 16.4. The number of carbonyl (C=O) groups excluding carboxylic acids is 3. The van der Waals surface area contributed by atoms with Crippen molar-refractivity contribution in [3.8, 4) is 0 Å². The molecule has 210 valence electrons. The molecule has 0 radical (unpaired) electrons. The van der Waals surface area contributed by atoms with Gasteiger partial charge in [-0.05, 0) is 31.6 Å². The number of hydrogen-bond donors (Lipinski definition) is 9. The van der Waals surface area contributed by atoms with Gasteiger partial charge in [0.25, 0.3) is 0 Å². The molecule has 16 nitrogen and oxygen atoms in total. The van der Waals surface area contributed by atoms with E-state index in [0.717, 1.165) is 0 Å². The van der Waals surface area contributed by atoms with E-state index >= 15 is 0 Å². The summed E-state index contributed by atoms with van der Waals surface area (Å²) in [6.07, 6.45) is -1.32. The standard InChI is InChI=1S/C21H37N7O9/c1-10(2)8-14(28-17(33)11(22)9-16(31)32)19(35)26-12(5-6-15(29)30)18(34)27-13(20(36)37)4-3-7-25-21(23)24/h10-14H,3-9,22H2,1-2H3,(H,26,35)(H,27,34)(H,28,33)(H,29,30)(H,31,32)(H,36,37)(H4,23,24,25). The van der Waals surface area contributed by atoms with Gasteiger partial charge in [0, 0.05) is 13.0 Å². The average molecular weight is 532 g/mol. The van der Waals surface area contributed by atoms with Gasteiger partial charge in [-0.25, -0.2) is 4.79 Å². The highest BCUT2D eigenvalue weighted by Crippen LogP contribution is 2.08. The highest BCUT2D eigenvalue weighted by Gasteiger charge is 2.31. The van der Waals surface area contributed by atoms with Crippen LogP contribution in [0.25, 0.3) is 0 Å². The summed E-state index contributed by atoms with van der Waals surface area (Å²) in [5.74, 6) is -6.94. The number of nitrogens with zero attached hydrogens (tertiary/aromatic N) is 1. The third-order valence-electron chi connectivity index (χ3n) is 4.91. The summed E-state index contributed by atoms with van der Waals surface area (Å²) in [7, 11) is 0. The van der Waals surface area contributed by atoms with Crippen LogP contribution in [0.5, 0.6) is 0 Å². The number of rotatable bonds is 18. The quantitative estimate of drug-likeness (QED) is 0.0495. The summed E-state index contributed by atoms with van der Waals surface area (Å²) < 4.78 is 0. The van der Waals surface area contributed by atoms with Crippen molar-refractivity contribution < 1.29 is 44.1 Å². The maximum atomic E-state index is 12.9. The van der Waals surface area contributed by atoms with Crippen molar-refractivity contribution in [1.82, 2.24) is 16.0 Å². The predicted molar refractivity (Wildman–Crippen MR) is 130 cm³/mol. The molecule has 0 aromatic heterocycles. The second kappa shape index (κ2) is 16.7. The average Bonchev–Trinajstić information content (AvgIpc) is 2.76. The van der Waals surface area contributed by atoms with Crippen LogP contribution < -0.4 is 33.2 Å². The minimum atomic E-state index is -1.44. The minimum Gasteiger partial charge on any atom is -0.481 e. The van der Waals surface area contributed by atoms with Crippen LogP contribution in [0.3, 0.4) is 0 Å². The molecule has 0 fully saturated rings. The summed E-state index contributed by atoms with van der Waals surface area (Å²) in [5, 5.41) is 34.2. The number of nitrogens with one attached hydrogen (secondary N) is 3. The second-order valence-corrected chi connectivity index (χ2v) is 8.74. The number of guanidine groups is 1. The van der Waals surface area contributed by atoms with Gasteiger partial charge >= 0.3 is 17.9 Å². The number of carbonyl (C=O) groups is 6. The monoisotopic (exact) mass is 531 g/mol. The predicted octanol–water partition coefficient (Wildman–Crippen LogP) is -2.71. The van der Waals surface area contributed by atoms with Crippen molar-refractivity contribution in [3.63, 3.8) is 0 Å². The van der Waals surface area contributed by atoms with E-state index in [4.69, 9.17) is 27.4 Å². The first kappa shape index (κ1) is 33.0. The molecule has 3 amide bonds. The Morgan fingerprint density at radius 2 is 1.32 bits per heavy atom. The third-order valence-corrected chi connectivity index (χ3v) is 4.91. The van der Waals surface area contributed by atoms with E-state index in [9.17, 15) is 33.9 Å². The third kappa shape index (κ3) is 14.9. The van der Waals surface area contributed by atoms with E-state index in [0.29, 0.717) is 0 Å². The van der Waals surface area contributed by atoms with Crippen LogP contribution in [-0.4, -0.2) is 87.6 Å². The Morgan fingerprint density at radius 1 is 0.784 bits per heavy atom. The smallest absolute Gasteiger partial charge is 0.326 e. The van der Waals surface area contributed by atoms with Crippen molar-refractivity contribution in [2.45, 2.75) is 76.5 Å². The Kier molecular flexibility index (Phi) is 14.9. The molecule has 37 heavy (non-hydrogen) atoms. The van der Waals surface area contributed by atoms with Crippen LogP contribution in [0.2, 0.25) is 0 Å². The zero-order valence-corrected chi connectivity index (χ0v) is 20.8. The molecule has 4 unspecified atom stereocenters. The van der Waals surface area contributed by atoms with Gasteiger partial charge in [0.15, 0.2) is 5.96 Å². The van der Waals surface area contributed by atoms with Crippen molar-refractivity contribution in [2.75, 3.05) is 6.54 Å². The number of nitrogens with two attached hydrogens (primary N) is 3. The van der Waals surface area contributed by atoms with Crippen LogP contribution in [-0.2, 0) is 28.8 Å². The Hall–Kier alpha value is -3.95. The van der Waals surface area contributed by atoms with Gasteiger partial charge in [0.05, 0.1) is 12.5 Å². The molecule has 0 aromatic rings. The zero-order chi connectivity index (χ0) is 28.7. The van der Waals surface area contributed by atoms with E-state index in [1.54, 1.807) is 13.8 Å². The van der Waals surface area contributed by atoms with Gasteiger partial charge in [-0.3, -0.25) is 29.0 Å². The fourth-order valence-electron chi connectivity index (χ4n) is 3.10. The van der Waals surface area contributed by atoms with Crippen molar-refractivity contribution in [3.05, 3.63) is 0 Å². The Balaban J connectivity index is 5.56. The van der Waals surface area contributed by atoms with Gasteiger partial charge in [-0.15, -0.1) is 0 Å². The maximum absolute atomic E-state index is 12.9. The van der Waals surface area contributed by atoms with E-state index < -0.39 is 72.6 Å². The number of carboxylic acids is 3. The van der Waals surface area contributed by atoms with Gasteiger partial charge in [-0.1, -0.05) is 13.8 Å². The van der Waals surface area contributed by atoms with Crippen LogP contribution in [0.15, 0.2) is 4.99 Å². The Morgan fingerprint density at radius 3 is 1.81 bits per heavy atom. The van der Waals surface area contributed by atoms with Crippen LogP contribution in [0.4, 0.5) is 0 Å². The van der Waals surface area contributed by atoms with E-state index in [2.05, 4.69) is 20.9 Å². The van der Waals surface area contributed by atoms with Crippen molar-refractivity contribution in [2.24, 2.45) is 28.1 Å². The van der Waals surface area contributed by atoms with Crippen LogP contribution >= 0.6 is 0 Å². The summed E-state index contributed by atoms with van der Waals surface area (Å²) in [6.45, 7) is 3.61. The molecule has 0 aliphatic heterocycles. The lowest BCUT2D eigenvalue weighted by Gasteiger charge is -2.25. The molecule has 0 saturated heterocycles. The largest absolute Gasteiger partial charge is 0.481 e. The summed E-state index contributed by atoms with van der Waals surface area (Å²) in [4.78, 5) is 75.2. The number of aliphatic imine (C=N–C) groups is 1. The molecular weight excluding hydrogens is 494 g/mol. The Bertz CT molecular complexity index is 859. The molecule has 16 heteroatoms. The maximum Gasteiger partial charge on any atom is 0.326 e. The zero-order valence-electron chi connectivity index (χ0n) is 20.8. The Labute approximate surface area is 213 Å². The molecule has 0 aliphatic carbocycles. The fourth-order valence-corrected chi connectivity index (χ4v) is 3.10. The summed E-state index contributed by atoms with van der Waals surface area (Å²) in [6, 6.07) is -5.46. The number of hydrogen-bond acceptors (Lipinski definition) is 8. The summed E-state index contributed by atoms with van der Waals surface area (Å²) in [5.41, 5.74) is 16.0. The number of carboxylic acid groups (broad SMARTS) is 3. The first-order chi connectivity index (χ1) is 17.1. The molecule has 4 atom stereocenters. The second-order valence-electron chi connectivity index (χ2n) is 8.74. The van der Waals surface area contributed by atoms with E-state index in [1.807, 2.05) is 0 Å². The minimum absolute atomic E-state index is 0.0506. The first-order valence-electron chi connectivity index (χ1n) is 11.5. The van der Waals surface area contributed by atoms with Crippen LogP contribution in [0, 0.1) is 5.92 Å². The normalized spacial score (nSPS) is 13.9. The van der Waals surface area contributed by atoms with Gasteiger partial charge in [-0.2, -0.15) is 0 Å². The molecule has 0 spiro atoms. The number of amides is 3. The lowest BCUT2D eigenvalue weighted by atomic mass is 10.0. The van der Waals surface area contributed by atoms with Gasteiger partial charge in [0.1, 0.15) is 18.1 Å². The SMILES string of the molecule is CC(C)CC(NC(=O)C(N)CC(=O)O)C(=O)NC(CCC(=O)O)C(=O)NC(CCCN=C(N)N)C(=O)O. The molecular formula is C21H37N7O9. The topological polar surface area (TPSA) is 290 Å². The molecule has 0 rings (SSSR count). The number of aliphatic carboxylic acids is 3. The van der Waals surface area contributed by atoms with Crippen LogP contribution in [0.1, 0.15) is 52.4 Å². The summed E-state index contributed by atoms with van der Waals surface area (Å²) >= 11 is 0. The molecule has 0 heterocycles. The fraction of sp³-hybridized carbons (Fsp3) is 0.667. The molecule has 0 saturated carbocycles. The first-order valence-corrected chi connectivity index (χ1v) is 11.5. The molecule has 0 aromatic carbocycles. The highest BCUT2D eigenvalue weighted by molar-refractivity contribution is 5.94.